The molecular formula is C17H12Cl2F3NO. The van der Waals surface area contributed by atoms with Crippen LogP contribution in [0.15, 0.2) is 54.6 Å². The van der Waals surface area contributed by atoms with Crippen LogP contribution in [0.25, 0.3) is 0 Å². The minimum Gasteiger partial charge on any atom is -0.325 e. The molecule has 1 saturated carbocycles. The predicted molar refractivity (Wildman–Crippen MR) is 87.2 cm³/mol. The van der Waals surface area contributed by atoms with Gasteiger partial charge in [-0.15, -0.1) is 23.2 Å². The number of hydrogen-bond acceptors (Lipinski definition) is 1. The van der Waals surface area contributed by atoms with Crippen LogP contribution >= 0.6 is 23.2 Å². The highest BCUT2D eigenvalue weighted by molar-refractivity contribution is 6.53. The smallest absolute Gasteiger partial charge is 0.325 e. The molecule has 0 heterocycles. The molecule has 3 rings (SSSR count). The second-order valence-electron chi connectivity index (χ2n) is 5.57. The van der Waals surface area contributed by atoms with Crippen LogP contribution in [-0.2, 0) is 11.0 Å². The number of para-hydroxylation sites is 1. The van der Waals surface area contributed by atoms with Crippen molar-refractivity contribution in [2.45, 2.75) is 16.4 Å². The molecule has 0 aliphatic heterocycles. The summed E-state index contributed by atoms with van der Waals surface area (Å²) in [7, 11) is 0. The first kappa shape index (κ1) is 17.1. The maximum atomic E-state index is 13.0. The van der Waals surface area contributed by atoms with E-state index in [1.807, 2.05) is 6.07 Å². The van der Waals surface area contributed by atoms with Crippen molar-refractivity contribution >= 4 is 34.8 Å². The molecule has 0 aromatic heterocycles. The van der Waals surface area contributed by atoms with Gasteiger partial charge in [0.25, 0.3) is 0 Å². The molecule has 2 nitrogen and oxygen atoms in total. The molecule has 0 unspecified atom stereocenters. The Morgan fingerprint density at radius 2 is 1.58 bits per heavy atom. The monoisotopic (exact) mass is 373 g/mol. The first-order valence-electron chi connectivity index (χ1n) is 7.13. The summed E-state index contributed by atoms with van der Waals surface area (Å²) in [4.78, 5) is 12.4. The minimum absolute atomic E-state index is 0.308. The van der Waals surface area contributed by atoms with Gasteiger partial charge in [-0.2, -0.15) is 13.2 Å². The number of benzene rings is 2. The van der Waals surface area contributed by atoms with Crippen LogP contribution in [0.5, 0.6) is 0 Å². The van der Waals surface area contributed by atoms with E-state index >= 15 is 0 Å². The molecule has 7 heteroatoms. The molecule has 2 atom stereocenters. The zero-order valence-electron chi connectivity index (χ0n) is 12.1. The SMILES string of the molecule is O=C(Nc1ccccc1C(F)(F)F)[C@@H]1[C@@H](c2ccccc2)C1(Cl)Cl. The lowest BCUT2D eigenvalue weighted by Gasteiger charge is -2.13. The van der Waals surface area contributed by atoms with Crippen molar-refractivity contribution in [3.63, 3.8) is 0 Å². The van der Waals surface area contributed by atoms with Gasteiger partial charge in [-0.05, 0) is 17.7 Å². The minimum atomic E-state index is -4.56. The highest BCUT2D eigenvalue weighted by Gasteiger charge is 2.67. The summed E-state index contributed by atoms with van der Waals surface area (Å²) >= 11 is 12.4. The summed E-state index contributed by atoms with van der Waals surface area (Å²) in [5.41, 5.74) is -0.449. The van der Waals surface area contributed by atoms with Crippen LogP contribution in [0.4, 0.5) is 18.9 Å². The van der Waals surface area contributed by atoms with Gasteiger partial charge in [-0.25, -0.2) is 0 Å². The van der Waals surface area contributed by atoms with E-state index in [0.717, 1.165) is 11.6 Å². The predicted octanol–water partition coefficient (Wildman–Crippen LogP) is 5.23. The van der Waals surface area contributed by atoms with E-state index in [-0.39, 0.29) is 5.69 Å². The summed E-state index contributed by atoms with van der Waals surface area (Å²) in [5.74, 6) is -1.91. The Kier molecular flexibility index (Phi) is 4.26. The van der Waals surface area contributed by atoms with Crippen LogP contribution in [0.1, 0.15) is 17.0 Å². The highest BCUT2D eigenvalue weighted by Crippen LogP contribution is 2.65. The standard InChI is InChI=1S/C17H12Cl2F3NO/c18-16(19)13(10-6-2-1-3-7-10)14(16)15(24)23-12-9-5-4-8-11(12)17(20,21)22/h1-9,13-14H,(H,23,24)/t13-,14+/m1/s1. The van der Waals surface area contributed by atoms with E-state index in [4.69, 9.17) is 23.2 Å². The second kappa shape index (κ2) is 5.97. The Balaban J connectivity index is 1.82. The molecule has 2 aromatic rings. The second-order valence-corrected chi connectivity index (χ2v) is 7.02. The highest BCUT2D eigenvalue weighted by atomic mass is 35.5. The molecule has 0 radical (unpaired) electrons. The van der Waals surface area contributed by atoms with Gasteiger partial charge in [0.05, 0.1) is 17.2 Å². The molecule has 24 heavy (non-hydrogen) atoms. The fraction of sp³-hybridized carbons (Fsp3) is 0.235. The van der Waals surface area contributed by atoms with E-state index in [1.165, 1.54) is 18.2 Å². The topological polar surface area (TPSA) is 29.1 Å². The van der Waals surface area contributed by atoms with Gasteiger partial charge >= 0.3 is 6.18 Å². The molecule has 1 amide bonds. The summed E-state index contributed by atoms with van der Waals surface area (Å²) < 4.78 is 37.7. The van der Waals surface area contributed by atoms with Crippen molar-refractivity contribution in [3.05, 3.63) is 65.7 Å². The van der Waals surface area contributed by atoms with Gasteiger partial charge < -0.3 is 5.32 Å². The third-order valence-corrected chi connectivity index (χ3v) is 4.93. The number of halogens is 5. The largest absolute Gasteiger partial charge is 0.418 e. The Labute approximate surface area is 146 Å². The van der Waals surface area contributed by atoms with E-state index < -0.39 is 33.8 Å². The molecule has 0 spiro atoms. The van der Waals surface area contributed by atoms with Gasteiger partial charge in [0.1, 0.15) is 4.33 Å². The maximum Gasteiger partial charge on any atom is 0.418 e. The number of alkyl halides is 5. The average Bonchev–Trinajstić information content (AvgIpc) is 3.10. The molecule has 0 bridgehead atoms. The number of carbonyl (C=O) groups excluding carboxylic acids is 1. The van der Waals surface area contributed by atoms with Crippen LogP contribution < -0.4 is 5.32 Å². The summed E-state index contributed by atoms with van der Waals surface area (Å²) in [6.45, 7) is 0. The van der Waals surface area contributed by atoms with Gasteiger partial charge in [0.15, 0.2) is 0 Å². The summed E-state index contributed by atoms with van der Waals surface area (Å²) in [6.07, 6.45) is -4.56. The van der Waals surface area contributed by atoms with Crippen molar-refractivity contribution in [1.29, 1.82) is 0 Å². The lowest BCUT2D eigenvalue weighted by atomic mass is 10.1. The Bertz CT molecular complexity index is 762. The molecule has 1 fully saturated rings. The van der Waals surface area contributed by atoms with Crippen LogP contribution in [0.3, 0.4) is 0 Å². The Hall–Kier alpha value is -1.72. The van der Waals surface area contributed by atoms with Crippen molar-refractivity contribution in [2.24, 2.45) is 5.92 Å². The third-order valence-electron chi connectivity index (χ3n) is 3.99. The van der Waals surface area contributed by atoms with Crippen LogP contribution in [0, 0.1) is 5.92 Å². The zero-order chi connectivity index (χ0) is 17.5. The van der Waals surface area contributed by atoms with E-state index in [2.05, 4.69) is 5.32 Å². The Morgan fingerprint density at radius 3 is 2.21 bits per heavy atom. The fourth-order valence-electron chi connectivity index (χ4n) is 2.78. The van der Waals surface area contributed by atoms with Gasteiger partial charge in [0.2, 0.25) is 5.91 Å². The molecule has 126 valence electrons. The lowest BCUT2D eigenvalue weighted by molar-refractivity contribution is -0.137. The van der Waals surface area contributed by atoms with Crippen molar-refractivity contribution in [1.82, 2.24) is 0 Å². The number of nitrogens with one attached hydrogen (secondary N) is 1. The molecule has 0 saturated heterocycles. The fourth-order valence-corrected chi connectivity index (χ4v) is 3.61. The number of anilines is 1. The number of rotatable bonds is 3. The number of carbonyl (C=O) groups is 1. The number of hydrogen-bond donors (Lipinski definition) is 1. The first-order chi connectivity index (χ1) is 11.2. The van der Waals surface area contributed by atoms with Crippen LogP contribution in [-0.4, -0.2) is 10.2 Å². The molecule has 1 N–H and O–H groups in total. The van der Waals surface area contributed by atoms with Gasteiger partial charge in [-0.1, -0.05) is 42.5 Å². The molecule has 1 aliphatic rings. The molecule has 1 aliphatic carbocycles. The van der Waals surface area contributed by atoms with E-state index in [1.54, 1.807) is 24.3 Å². The maximum absolute atomic E-state index is 13.0. The summed E-state index contributed by atoms with van der Waals surface area (Å²) in [5, 5.41) is 2.31. The van der Waals surface area contributed by atoms with Crippen LogP contribution in [0.2, 0.25) is 0 Å². The van der Waals surface area contributed by atoms with Crippen molar-refractivity contribution in [2.75, 3.05) is 5.32 Å². The zero-order valence-corrected chi connectivity index (χ0v) is 13.7. The van der Waals surface area contributed by atoms with Gasteiger partial charge in [-0.3, -0.25) is 4.79 Å². The first-order valence-corrected chi connectivity index (χ1v) is 7.88. The van der Waals surface area contributed by atoms with Crippen molar-refractivity contribution < 1.29 is 18.0 Å². The molecular weight excluding hydrogens is 362 g/mol. The quantitative estimate of drug-likeness (QED) is 0.733. The van der Waals surface area contributed by atoms with Gasteiger partial charge in [0, 0.05) is 5.92 Å². The number of amides is 1. The summed E-state index contributed by atoms with van der Waals surface area (Å²) in [6, 6.07) is 13.7. The van der Waals surface area contributed by atoms with E-state index in [9.17, 15) is 18.0 Å². The van der Waals surface area contributed by atoms with Crippen molar-refractivity contribution in [3.8, 4) is 0 Å². The Morgan fingerprint density at radius 1 is 1.00 bits per heavy atom. The normalized spacial score (nSPS) is 22.0. The molecule has 2 aromatic carbocycles. The lowest BCUT2D eigenvalue weighted by Crippen LogP contribution is -2.20. The third kappa shape index (κ3) is 3.10. The average molecular weight is 374 g/mol. The van der Waals surface area contributed by atoms with E-state index in [0.29, 0.717) is 0 Å².